The van der Waals surface area contributed by atoms with Crippen LogP contribution in [-0.2, 0) is 6.54 Å². The monoisotopic (exact) mass is 444 g/mol. The fourth-order valence-electron chi connectivity index (χ4n) is 5.28. The number of benzene rings is 2. The van der Waals surface area contributed by atoms with Gasteiger partial charge in [-0.15, -0.1) is 11.3 Å². The highest BCUT2D eigenvalue weighted by Gasteiger charge is 2.38. The Morgan fingerprint density at radius 2 is 1.78 bits per heavy atom. The van der Waals surface area contributed by atoms with Crippen molar-refractivity contribution in [2.75, 3.05) is 13.1 Å². The van der Waals surface area contributed by atoms with Crippen LogP contribution in [0.1, 0.15) is 28.4 Å². The second kappa shape index (κ2) is 7.41. The first-order chi connectivity index (χ1) is 15.6. The van der Waals surface area contributed by atoms with Crippen molar-refractivity contribution >= 4 is 27.3 Å². The molecule has 0 unspecified atom stereocenters. The summed E-state index contributed by atoms with van der Waals surface area (Å²) in [6.45, 7) is 1.80. The molecule has 0 aliphatic carbocycles. The summed E-state index contributed by atoms with van der Waals surface area (Å²) >= 11 is 1.73. The Morgan fingerprint density at radius 1 is 0.969 bits per heavy atom. The number of rotatable bonds is 2. The van der Waals surface area contributed by atoms with Gasteiger partial charge in [0.25, 0.3) is 11.5 Å². The minimum Gasteiger partial charge on any atom is -0.338 e. The van der Waals surface area contributed by atoms with E-state index in [-0.39, 0.29) is 29.1 Å². The van der Waals surface area contributed by atoms with Crippen molar-refractivity contribution in [1.29, 1.82) is 0 Å². The molecule has 2 atom stereocenters. The highest BCUT2D eigenvalue weighted by Crippen LogP contribution is 2.43. The smallest absolute Gasteiger partial charge is 0.253 e. The molecule has 6 rings (SSSR count). The summed E-state index contributed by atoms with van der Waals surface area (Å²) in [6, 6.07) is 19.8. The number of likely N-dealkylation sites (tertiary alicyclic amines) is 1. The first-order valence-corrected chi connectivity index (χ1v) is 11.7. The van der Waals surface area contributed by atoms with Gasteiger partial charge < -0.3 is 9.47 Å². The van der Waals surface area contributed by atoms with E-state index < -0.39 is 0 Å². The lowest BCUT2D eigenvalue weighted by atomic mass is 9.81. The van der Waals surface area contributed by atoms with Gasteiger partial charge in [-0.3, -0.25) is 9.59 Å². The standard InChI is InChI=1S/C26H21FN2O2S/c27-20-7-5-17(6-8-20)26(31)28-13-16-11-19(15-28)25-21(9-10-24(30)29(25)14-16)23-12-18-3-1-2-4-22(18)32-23/h1-10,12,16,19H,11,13-15H2/t16-,19-/m0/s1. The molecule has 1 fully saturated rings. The zero-order valence-electron chi connectivity index (χ0n) is 17.3. The fraction of sp³-hybridized carbons (Fsp3) is 0.231. The van der Waals surface area contributed by atoms with Gasteiger partial charge >= 0.3 is 0 Å². The summed E-state index contributed by atoms with van der Waals surface area (Å²) in [7, 11) is 0. The predicted molar refractivity (Wildman–Crippen MR) is 125 cm³/mol. The van der Waals surface area contributed by atoms with Crippen molar-refractivity contribution in [3.8, 4) is 10.4 Å². The number of carbonyl (C=O) groups is 1. The zero-order valence-corrected chi connectivity index (χ0v) is 18.1. The molecule has 6 heteroatoms. The number of hydrogen-bond donors (Lipinski definition) is 0. The molecule has 4 heterocycles. The number of carbonyl (C=O) groups excluding carboxylic acids is 1. The van der Waals surface area contributed by atoms with Crippen molar-refractivity contribution in [3.63, 3.8) is 0 Å². The number of piperidine rings is 1. The third-order valence-electron chi connectivity index (χ3n) is 6.66. The highest BCUT2D eigenvalue weighted by molar-refractivity contribution is 7.22. The van der Waals surface area contributed by atoms with Crippen molar-refractivity contribution in [1.82, 2.24) is 9.47 Å². The molecule has 0 N–H and O–H groups in total. The number of fused-ring (bicyclic) bond motifs is 5. The molecule has 4 nitrogen and oxygen atoms in total. The first-order valence-electron chi connectivity index (χ1n) is 10.8. The Bertz CT molecular complexity index is 1370. The van der Waals surface area contributed by atoms with Gasteiger partial charge in [0.1, 0.15) is 5.82 Å². The van der Waals surface area contributed by atoms with Crippen LogP contribution in [-0.4, -0.2) is 28.5 Å². The van der Waals surface area contributed by atoms with E-state index in [1.54, 1.807) is 29.5 Å². The Hall–Kier alpha value is -3.25. The van der Waals surface area contributed by atoms with Gasteiger partial charge in [0.15, 0.2) is 0 Å². The molecule has 160 valence electrons. The summed E-state index contributed by atoms with van der Waals surface area (Å²) in [5, 5.41) is 1.20. The number of pyridine rings is 1. The summed E-state index contributed by atoms with van der Waals surface area (Å²) in [5.41, 5.74) is 2.65. The molecule has 2 aliphatic heterocycles. The van der Waals surface area contributed by atoms with Gasteiger partial charge in [0.2, 0.25) is 0 Å². The summed E-state index contributed by atoms with van der Waals surface area (Å²) < 4.78 is 16.5. The lowest BCUT2D eigenvalue weighted by Crippen LogP contribution is -2.49. The quantitative estimate of drug-likeness (QED) is 0.430. The number of nitrogens with zero attached hydrogens (tertiary/aromatic N) is 2. The normalized spacial score (nSPS) is 19.7. The Kier molecular flexibility index (Phi) is 4.50. The third kappa shape index (κ3) is 3.17. The topological polar surface area (TPSA) is 42.3 Å². The molecule has 2 aliphatic rings. The highest BCUT2D eigenvalue weighted by atomic mass is 32.1. The molecular formula is C26H21FN2O2S. The molecule has 2 aromatic heterocycles. The van der Waals surface area contributed by atoms with Crippen LogP contribution in [0.4, 0.5) is 4.39 Å². The molecule has 0 saturated carbocycles. The molecule has 1 amide bonds. The SMILES string of the molecule is O=C(c1ccc(F)cc1)N1C[C@@H]2C[C@@H](C1)c1c(-c3cc4ccccc4s3)ccc(=O)n1C2. The van der Waals surface area contributed by atoms with Crippen LogP contribution in [0.5, 0.6) is 0 Å². The van der Waals surface area contributed by atoms with E-state index in [4.69, 9.17) is 0 Å². The number of thiophene rings is 1. The van der Waals surface area contributed by atoms with Crippen LogP contribution >= 0.6 is 11.3 Å². The van der Waals surface area contributed by atoms with Gasteiger partial charge in [-0.25, -0.2) is 4.39 Å². The van der Waals surface area contributed by atoms with Crippen LogP contribution < -0.4 is 5.56 Å². The van der Waals surface area contributed by atoms with Gasteiger partial charge in [0, 0.05) is 58.0 Å². The summed E-state index contributed by atoms with van der Waals surface area (Å²) in [6.07, 6.45) is 0.967. The maximum atomic E-state index is 13.3. The van der Waals surface area contributed by atoms with Crippen LogP contribution in [0.2, 0.25) is 0 Å². The minimum atomic E-state index is -0.349. The Labute approximate surface area is 188 Å². The van der Waals surface area contributed by atoms with Gasteiger partial charge in [-0.05, 0) is 60.2 Å². The van der Waals surface area contributed by atoms with Crippen molar-refractivity contribution < 1.29 is 9.18 Å². The summed E-state index contributed by atoms with van der Waals surface area (Å²) in [5.74, 6) is -0.0878. The Balaban J connectivity index is 1.40. The van der Waals surface area contributed by atoms with Gasteiger partial charge in [0.05, 0.1) is 0 Å². The van der Waals surface area contributed by atoms with Crippen LogP contribution in [0.3, 0.4) is 0 Å². The van der Waals surface area contributed by atoms with E-state index in [9.17, 15) is 14.0 Å². The molecule has 0 spiro atoms. The molecular weight excluding hydrogens is 423 g/mol. The number of halogens is 1. The zero-order chi connectivity index (χ0) is 21.8. The van der Waals surface area contributed by atoms with E-state index in [0.717, 1.165) is 22.6 Å². The second-order valence-corrected chi connectivity index (χ2v) is 9.83. The lowest BCUT2D eigenvalue weighted by Gasteiger charge is -2.43. The van der Waals surface area contributed by atoms with E-state index in [1.807, 2.05) is 27.7 Å². The number of aromatic nitrogens is 1. The maximum absolute atomic E-state index is 13.3. The van der Waals surface area contributed by atoms with Crippen molar-refractivity contribution in [2.24, 2.45) is 5.92 Å². The molecule has 4 aromatic rings. The van der Waals surface area contributed by atoms with Crippen molar-refractivity contribution in [2.45, 2.75) is 18.9 Å². The Morgan fingerprint density at radius 3 is 2.59 bits per heavy atom. The molecule has 2 bridgehead atoms. The molecule has 1 saturated heterocycles. The minimum absolute atomic E-state index is 0.0258. The van der Waals surface area contributed by atoms with E-state index in [2.05, 4.69) is 18.2 Å². The van der Waals surface area contributed by atoms with E-state index in [0.29, 0.717) is 25.2 Å². The van der Waals surface area contributed by atoms with Crippen LogP contribution in [0, 0.1) is 11.7 Å². The van der Waals surface area contributed by atoms with Crippen LogP contribution in [0.15, 0.2) is 71.5 Å². The van der Waals surface area contributed by atoms with Gasteiger partial charge in [-0.2, -0.15) is 0 Å². The van der Waals surface area contributed by atoms with Gasteiger partial charge in [-0.1, -0.05) is 18.2 Å². The fourth-order valence-corrected chi connectivity index (χ4v) is 6.38. The summed E-state index contributed by atoms with van der Waals surface area (Å²) in [4.78, 5) is 28.9. The van der Waals surface area contributed by atoms with Crippen LogP contribution in [0.25, 0.3) is 20.5 Å². The predicted octanol–water partition coefficient (Wildman–Crippen LogP) is 5.13. The molecule has 0 radical (unpaired) electrons. The largest absolute Gasteiger partial charge is 0.338 e. The average molecular weight is 445 g/mol. The second-order valence-electron chi connectivity index (χ2n) is 8.75. The average Bonchev–Trinajstić information content (AvgIpc) is 3.24. The molecule has 2 aromatic carbocycles. The first kappa shape index (κ1) is 19.4. The lowest BCUT2D eigenvalue weighted by molar-refractivity contribution is 0.0595. The number of amides is 1. The third-order valence-corrected chi connectivity index (χ3v) is 7.81. The van der Waals surface area contributed by atoms with E-state index in [1.165, 1.54) is 22.2 Å². The molecule has 32 heavy (non-hydrogen) atoms. The number of hydrogen-bond acceptors (Lipinski definition) is 3. The van der Waals surface area contributed by atoms with E-state index >= 15 is 0 Å². The van der Waals surface area contributed by atoms with Crippen molar-refractivity contribution in [3.05, 3.63) is 94.2 Å². The maximum Gasteiger partial charge on any atom is 0.253 e.